The van der Waals surface area contributed by atoms with Crippen molar-refractivity contribution >= 4 is 11.8 Å². The van der Waals surface area contributed by atoms with Crippen molar-refractivity contribution in [3.63, 3.8) is 0 Å². The topological polar surface area (TPSA) is 66.6 Å². The number of nitrogens with two attached hydrogens (primary N) is 1. The van der Waals surface area contributed by atoms with Gasteiger partial charge in [-0.2, -0.15) is 0 Å². The van der Waals surface area contributed by atoms with E-state index in [4.69, 9.17) is 5.73 Å². The summed E-state index contributed by atoms with van der Waals surface area (Å²) in [6.07, 6.45) is 1.39. The van der Waals surface area contributed by atoms with Crippen LogP contribution in [0.5, 0.6) is 0 Å². The summed E-state index contributed by atoms with van der Waals surface area (Å²) >= 11 is 0. The summed E-state index contributed by atoms with van der Waals surface area (Å²) in [5, 5.41) is 0. The molecule has 1 fully saturated rings. The van der Waals surface area contributed by atoms with Crippen LogP contribution in [0.3, 0.4) is 0 Å². The van der Waals surface area contributed by atoms with Gasteiger partial charge in [-0.25, -0.2) is 4.39 Å². The molecule has 1 aliphatic rings. The zero-order chi connectivity index (χ0) is 16.1. The van der Waals surface area contributed by atoms with Crippen LogP contribution in [0.4, 0.5) is 4.39 Å². The number of likely N-dealkylation sites (N-methyl/N-ethyl adjacent to an activating group) is 1. The summed E-state index contributed by atoms with van der Waals surface area (Å²) in [4.78, 5) is 26.9. The van der Waals surface area contributed by atoms with Gasteiger partial charge in [-0.15, -0.1) is 0 Å². The van der Waals surface area contributed by atoms with Crippen LogP contribution in [0.15, 0.2) is 24.3 Å². The molecule has 0 radical (unpaired) electrons. The van der Waals surface area contributed by atoms with E-state index in [1.165, 1.54) is 11.0 Å². The molecular weight excluding hydrogens is 285 g/mol. The van der Waals surface area contributed by atoms with Gasteiger partial charge in [-0.05, 0) is 32.0 Å². The molecule has 1 aromatic carbocycles. The quantitative estimate of drug-likeness (QED) is 0.882. The molecule has 0 aliphatic carbocycles. The highest BCUT2D eigenvalue weighted by Crippen LogP contribution is 2.16. The van der Waals surface area contributed by atoms with Gasteiger partial charge in [0.05, 0.1) is 6.54 Å². The first-order chi connectivity index (χ1) is 10.5. The van der Waals surface area contributed by atoms with Crippen LogP contribution >= 0.6 is 0 Å². The molecule has 6 heteroatoms. The number of carbonyl (C=O) groups excluding carboxylic acids is 2. The number of amides is 2. The first kappa shape index (κ1) is 16.4. The highest BCUT2D eigenvalue weighted by molar-refractivity contribution is 5.78. The number of hydrogen-bond acceptors (Lipinski definition) is 3. The molecule has 120 valence electrons. The fourth-order valence-electron chi connectivity index (χ4n) is 2.66. The number of halogens is 1. The fourth-order valence-corrected chi connectivity index (χ4v) is 2.66. The minimum Gasteiger partial charge on any atom is -0.369 e. The SMILES string of the molecule is CN(Cc1ccccc1F)C(=O)CN1CCC(C(N)=O)CC1. The summed E-state index contributed by atoms with van der Waals surface area (Å²) in [5.74, 6) is -0.699. The molecule has 2 N–H and O–H groups in total. The third kappa shape index (κ3) is 4.27. The van der Waals surface area contributed by atoms with Gasteiger partial charge in [0.1, 0.15) is 5.82 Å². The zero-order valence-corrected chi connectivity index (χ0v) is 12.8. The maximum atomic E-state index is 13.6. The van der Waals surface area contributed by atoms with Crippen LogP contribution in [0.2, 0.25) is 0 Å². The van der Waals surface area contributed by atoms with E-state index < -0.39 is 0 Å². The molecule has 1 aliphatic heterocycles. The second kappa shape index (κ2) is 7.35. The summed E-state index contributed by atoms with van der Waals surface area (Å²) in [5.41, 5.74) is 5.80. The Kier molecular flexibility index (Phi) is 5.49. The predicted octanol–water partition coefficient (Wildman–Crippen LogP) is 0.981. The molecule has 0 saturated carbocycles. The third-order valence-corrected chi connectivity index (χ3v) is 4.14. The van der Waals surface area contributed by atoms with Gasteiger partial charge in [0.15, 0.2) is 0 Å². The van der Waals surface area contributed by atoms with E-state index >= 15 is 0 Å². The lowest BCUT2D eigenvalue weighted by atomic mass is 9.96. The Morgan fingerprint density at radius 1 is 1.32 bits per heavy atom. The molecule has 0 spiro atoms. The van der Waals surface area contributed by atoms with Crippen molar-refractivity contribution in [2.45, 2.75) is 19.4 Å². The third-order valence-electron chi connectivity index (χ3n) is 4.14. The summed E-state index contributed by atoms with van der Waals surface area (Å²) in [6.45, 7) is 1.92. The molecule has 0 aromatic heterocycles. The lowest BCUT2D eigenvalue weighted by molar-refractivity contribution is -0.132. The van der Waals surface area contributed by atoms with Crippen LogP contribution in [0.25, 0.3) is 0 Å². The number of nitrogens with zero attached hydrogens (tertiary/aromatic N) is 2. The van der Waals surface area contributed by atoms with E-state index in [2.05, 4.69) is 0 Å². The van der Waals surface area contributed by atoms with Crippen LogP contribution in [0, 0.1) is 11.7 Å². The lowest BCUT2D eigenvalue weighted by Crippen LogP contribution is -2.44. The van der Waals surface area contributed by atoms with E-state index in [-0.39, 0.29) is 36.6 Å². The smallest absolute Gasteiger partial charge is 0.236 e. The van der Waals surface area contributed by atoms with E-state index in [0.29, 0.717) is 31.5 Å². The second-order valence-corrected chi connectivity index (χ2v) is 5.79. The molecule has 2 amide bonds. The summed E-state index contributed by atoms with van der Waals surface area (Å²) < 4.78 is 13.6. The first-order valence-electron chi connectivity index (χ1n) is 7.46. The van der Waals surface area contributed by atoms with Gasteiger partial charge in [-0.3, -0.25) is 14.5 Å². The predicted molar refractivity (Wildman–Crippen MR) is 81.2 cm³/mol. The van der Waals surface area contributed by atoms with Gasteiger partial charge < -0.3 is 10.6 Å². The monoisotopic (exact) mass is 307 g/mol. The Bertz CT molecular complexity index is 542. The lowest BCUT2D eigenvalue weighted by Gasteiger charge is -2.31. The standard InChI is InChI=1S/C16H22FN3O2/c1-19(10-13-4-2-3-5-14(13)17)15(21)11-20-8-6-12(7-9-20)16(18)22/h2-5,12H,6-11H2,1H3,(H2,18,22). The van der Waals surface area contributed by atoms with E-state index in [1.807, 2.05) is 4.90 Å². The molecule has 2 rings (SSSR count). The van der Waals surface area contributed by atoms with Crippen molar-refractivity contribution in [1.29, 1.82) is 0 Å². The molecule has 5 nitrogen and oxygen atoms in total. The molecule has 1 saturated heterocycles. The average molecular weight is 307 g/mol. The maximum Gasteiger partial charge on any atom is 0.236 e. The molecular formula is C16H22FN3O2. The summed E-state index contributed by atoms with van der Waals surface area (Å²) in [7, 11) is 1.67. The van der Waals surface area contributed by atoms with Crippen molar-refractivity contribution in [2.24, 2.45) is 11.7 Å². The number of hydrogen-bond donors (Lipinski definition) is 1. The number of carbonyl (C=O) groups is 2. The fraction of sp³-hybridized carbons (Fsp3) is 0.500. The van der Waals surface area contributed by atoms with Gasteiger partial charge >= 0.3 is 0 Å². The van der Waals surface area contributed by atoms with E-state index in [1.54, 1.807) is 25.2 Å². The number of piperidine rings is 1. The molecule has 22 heavy (non-hydrogen) atoms. The largest absolute Gasteiger partial charge is 0.369 e. The summed E-state index contributed by atoms with van der Waals surface area (Å²) in [6, 6.07) is 6.45. The Morgan fingerprint density at radius 3 is 2.55 bits per heavy atom. The minimum absolute atomic E-state index is 0.0548. The molecule has 1 aromatic rings. The Balaban J connectivity index is 1.82. The highest BCUT2D eigenvalue weighted by Gasteiger charge is 2.25. The second-order valence-electron chi connectivity index (χ2n) is 5.79. The van der Waals surface area contributed by atoms with Gasteiger partial charge in [-0.1, -0.05) is 18.2 Å². The average Bonchev–Trinajstić information content (AvgIpc) is 2.50. The van der Waals surface area contributed by atoms with Gasteiger partial charge in [0.25, 0.3) is 0 Å². The van der Waals surface area contributed by atoms with Crippen molar-refractivity contribution in [2.75, 3.05) is 26.7 Å². The van der Waals surface area contributed by atoms with Crippen molar-refractivity contribution in [1.82, 2.24) is 9.80 Å². The Morgan fingerprint density at radius 2 is 1.95 bits per heavy atom. The number of primary amides is 1. The van der Waals surface area contributed by atoms with Crippen LogP contribution in [-0.2, 0) is 16.1 Å². The van der Waals surface area contributed by atoms with Crippen LogP contribution in [0.1, 0.15) is 18.4 Å². The van der Waals surface area contributed by atoms with Crippen molar-refractivity contribution in [3.8, 4) is 0 Å². The Labute approximate surface area is 129 Å². The van der Waals surface area contributed by atoms with Gasteiger partial charge in [0.2, 0.25) is 11.8 Å². The number of rotatable bonds is 5. The maximum absolute atomic E-state index is 13.6. The van der Waals surface area contributed by atoms with Crippen LogP contribution in [-0.4, -0.2) is 48.3 Å². The normalized spacial score (nSPS) is 16.5. The minimum atomic E-state index is -0.301. The van der Waals surface area contributed by atoms with Crippen molar-refractivity contribution < 1.29 is 14.0 Å². The molecule has 0 atom stereocenters. The Hall–Kier alpha value is -1.95. The van der Waals surface area contributed by atoms with E-state index in [0.717, 1.165) is 0 Å². The highest BCUT2D eigenvalue weighted by atomic mass is 19.1. The molecule has 0 unspecified atom stereocenters. The molecule has 0 bridgehead atoms. The van der Waals surface area contributed by atoms with Crippen molar-refractivity contribution in [3.05, 3.63) is 35.6 Å². The van der Waals surface area contributed by atoms with Crippen LogP contribution < -0.4 is 5.73 Å². The molecule has 1 heterocycles. The first-order valence-corrected chi connectivity index (χ1v) is 7.46. The van der Waals surface area contributed by atoms with Gasteiger partial charge in [0, 0.05) is 25.1 Å². The zero-order valence-electron chi connectivity index (χ0n) is 12.8. The van der Waals surface area contributed by atoms with E-state index in [9.17, 15) is 14.0 Å². The number of benzene rings is 1. The number of likely N-dealkylation sites (tertiary alicyclic amines) is 1.